The van der Waals surface area contributed by atoms with Gasteiger partial charge in [0.25, 0.3) is 5.56 Å². The fraction of sp³-hybridized carbons (Fsp3) is 0.250. The van der Waals surface area contributed by atoms with Gasteiger partial charge in [0, 0.05) is 35.5 Å². The van der Waals surface area contributed by atoms with Crippen LogP contribution < -0.4 is 10.9 Å². The second kappa shape index (κ2) is 7.45. The zero-order valence-electron chi connectivity index (χ0n) is 12.5. The predicted octanol–water partition coefficient (Wildman–Crippen LogP) is 1.49. The van der Waals surface area contributed by atoms with Gasteiger partial charge in [-0.3, -0.25) is 4.79 Å². The number of hydrogen-bond acceptors (Lipinski definition) is 5. The molecule has 3 aromatic rings. The van der Waals surface area contributed by atoms with Gasteiger partial charge in [0.05, 0.1) is 17.9 Å². The fourth-order valence-corrected chi connectivity index (χ4v) is 3.13. The Kier molecular flexibility index (Phi) is 5.12. The standard InChI is InChI=1S/C16H18N4O2S/c21-12(9-23-13-4-2-1-3-5-13)8-17-6-11-7-18-15-14(11)19-10-20-16(15)22/h1-5,7,10,12,17-18,21H,6,8-9H2,(H,19,20,22)/t12-/m1/s1. The summed E-state index contributed by atoms with van der Waals surface area (Å²) in [6.07, 6.45) is 2.72. The Hall–Kier alpha value is -2.09. The molecule has 0 aliphatic rings. The average Bonchev–Trinajstić information content (AvgIpc) is 2.99. The van der Waals surface area contributed by atoms with Crippen LogP contribution in [0.15, 0.2) is 52.5 Å². The van der Waals surface area contributed by atoms with Gasteiger partial charge < -0.3 is 20.4 Å². The van der Waals surface area contributed by atoms with E-state index in [1.165, 1.54) is 6.33 Å². The molecule has 0 saturated carbocycles. The number of aromatic nitrogens is 3. The summed E-state index contributed by atoms with van der Waals surface area (Å²) in [6, 6.07) is 10.00. The highest BCUT2D eigenvalue weighted by molar-refractivity contribution is 7.99. The van der Waals surface area contributed by atoms with Gasteiger partial charge in [0.2, 0.25) is 0 Å². The third-order valence-electron chi connectivity index (χ3n) is 3.43. The molecule has 0 fully saturated rings. The molecular formula is C16H18N4O2S. The summed E-state index contributed by atoms with van der Waals surface area (Å²) in [7, 11) is 0. The van der Waals surface area contributed by atoms with Crippen LogP contribution in [-0.4, -0.2) is 38.5 Å². The largest absolute Gasteiger partial charge is 0.391 e. The van der Waals surface area contributed by atoms with Gasteiger partial charge in [-0.05, 0) is 12.1 Å². The minimum atomic E-state index is -0.443. The van der Waals surface area contributed by atoms with Crippen LogP contribution in [0.4, 0.5) is 0 Å². The van der Waals surface area contributed by atoms with E-state index in [0.29, 0.717) is 29.9 Å². The van der Waals surface area contributed by atoms with Crippen LogP contribution in [-0.2, 0) is 6.54 Å². The summed E-state index contributed by atoms with van der Waals surface area (Å²) in [4.78, 5) is 22.4. The lowest BCUT2D eigenvalue weighted by Gasteiger charge is -2.11. The molecule has 0 bridgehead atoms. The number of aliphatic hydroxyl groups is 1. The van der Waals surface area contributed by atoms with Crippen LogP contribution >= 0.6 is 11.8 Å². The Morgan fingerprint density at radius 2 is 2.09 bits per heavy atom. The molecule has 0 radical (unpaired) electrons. The maximum absolute atomic E-state index is 11.6. The number of rotatable bonds is 7. The van der Waals surface area contributed by atoms with E-state index in [0.717, 1.165) is 10.5 Å². The smallest absolute Gasteiger partial charge is 0.275 e. The van der Waals surface area contributed by atoms with Crippen LogP contribution in [0.2, 0.25) is 0 Å². The second-order valence-electron chi connectivity index (χ2n) is 5.18. The molecule has 0 aliphatic heterocycles. The van der Waals surface area contributed by atoms with Crippen molar-refractivity contribution in [3.8, 4) is 0 Å². The van der Waals surface area contributed by atoms with E-state index in [4.69, 9.17) is 0 Å². The number of benzene rings is 1. The summed E-state index contributed by atoms with van der Waals surface area (Å²) >= 11 is 1.63. The molecule has 1 atom stereocenters. The molecule has 2 aromatic heterocycles. The average molecular weight is 330 g/mol. The summed E-state index contributed by atoms with van der Waals surface area (Å²) in [5, 5.41) is 13.2. The third kappa shape index (κ3) is 4.01. The Labute approximate surface area is 137 Å². The minimum absolute atomic E-state index is 0.180. The monoisotopic (exact) mass is 330 g/mol. The summed E-state index contributed by atoms with van der Waals surface area (Å²) in [5.41, 5.74) is 1.87. The van der Waals surface area contributed by atoms with Gasteiger partial charge in [-0.2, -0.15) is 0 Å². The molecule has 0 aliphatic carbocycles. The molecule has 1 aromatic carbocycles. The van der Waals surface area contributed by atoms with E-state index in [2.05, 4.69) is 20.3 Å². The normalized spacial score (nSPS) is 12.6. The van der Waals surface area contributed by atoms with Crippen molar-refractivity contribution in [3.63, 3.8) is 0 Å². The molecule has 23 heavy (non-hydrogen) atoms. The molecule has 6 nitrogen and oxygen atoms in total. The quantitative estimate of drug-likeness (QED) is 0.493. The van der Waals surface area contributed by atoms with Gasteiger partial charge in [-0.25, -0.2) is 4.98 Å². The molecule has 0 spiro atoms. The van der Waals surface area contributed by atoms with Crippen molar-refractivity contribution in [2.75, 3.05) is 12.3 Å². The first-order valence-corrected chi connectivity index (χ1v) is 8.33. The van der Waals surface area contributed by atoms with Gasteiger partial charge >= 0.3 is 0 Å². The zero-order chi connectivity index (χ0) is 16.1. The Morgan fingerprint density at radius 1 is 1.26 bits per heavy atom. The molecule has 0 amide bonds. The van der Waals surface area contributed by atoms with E-state index >= 15 is 0 Å². The number of nitrogens with zero attached hydrogens (tertiary/aromatic N) is 1. The number of aromatic amines is 2. The maximum atomic E-state index is 11.6. The van der Waals surface area contributed by atoms with Crippen molar-refractivity contribution >= 4 is 22.8 Å². The van der Waals surface area contributed by atoms with Crippen molar-refractivity contribution in [1.29, 1.82) is 0 Å². The van der Waals surface area contributed by atoms with E-state index < -0.39 is 6.10 Å². The third-order valence-corrected chi connectivity index (χ3v) is 4.59. The number of aliphatic hydroxyl groups excluding tert-OH is 1. The van der Waals surface area contributed by atoms with Crippen LogP contribution in [0.3, 0.4) is 0 Å². The summed E-state index contributed by atoms with van der Waals surface area (Å²) < 4.78 is 0. The number of nitrogens with one attached hydrogen (secondary N) is 3. The highest BCUT2D eigenvalue weighted by Crippen LogP contribution is 2.17. The molecule has 4 N–H and O–H groups in total. The topological polar surface area (TPSA) is 93.8 Å². The van der Waals surface area contributed by atoms with Crippen molar-refractivity contribution in [3.05, 3.63) is 58.8 Å². The van der Waals surface area contributed by atoms with E-state index in [-0.39, 0.29) is 5.56 Å². The number of thioether (sulfide) groups is 1. The first kappa shape index (κ1) is 15.8. The van der Waals surface area contributed by atoms with Crippen molar-refractivity contribution in [1.82, 2.24) is 20.3 Å². The first-order valence-electron chi connectivity index (χ1n) is 7.34. The van der Waals surface area contributed by atoms with Crippen LogP contribution in [0.25, 0.3) is 11.0 Å². The molecule has 2 heterocycles. The Bertz CT molecular complexity index is 816. The van der Waals surface area contributed by atoms with Crippen LogP contribution in [0, 0.1) is 0 Å². The number of hydrogen-bond donors (Lipinski definition) is 4. The van der Waals surface area contributed by atoms with Crippen LogP contribution in [0.5, 0.6) is 0 Å². The minimum Gasteiger partial charge on any atom is -0.391 e. The molecule has 7 heteroatoms. The van der Waals surface area contributed by atoms with E-state index in [9.17, 15) is 9.90 Å². The highest BCUT2D eigenvalue weighted by atomic mass is 32.2. The first-order chi connectivity index (χ1) is 11.2. The second-order valence-corrected chi connectivity index (χ2v) is 6.27. The predicted molar refractivity (Wildman–Crippen MR) is 91.6 cm³/mol. The molecule has 3 rings (SSSR count). The van der Waals surface area contributed by atoms with Gasteiger partial charge in [0.15, 0.2) is 0 Å². The SMILES string of the molecule is O=c1[nH]cnc2c(CNC[C@@H](O)CSc3ccccc3)c[nH]c12. The lowest BCUT2D eigenvalue weighted by molar-refractivity contribution is 0.195. The zero-order valence-corrected chi connectivity index (χ0v) is 13.3. The summed E-state index contributed by atoms with van der Waals surface area (Å²) in [5.74, 6) is 0.628. The van der Waals surface area contributed by atoms with Gasteiger partial charge in [-0.15, -0.1) is 11.8 Å². The van der Waals surface area contributed by atoms with Gasteiger partial charge in [-0.1, -0.05) is 18.2 Å². The van der Waals surface area contributed by atoms with Crippen molar-refractivity contribution < 1.29 is 5.11 Å². The fourth-order valence-electron chi connectivity index (χ4n) is 2.28. The van der Waals surface area contributed by atoms with Crippen LogP contribution in [0.1, 0.15) is 5.56 Å². The summed E-state index contributed by atoms with van der Waals surface area (Å²) in [6.45, 7) is 1.03. The number of H-pyrrole nitrogens is 2. The molecular weight excluding hydrogens is 312 g/mol. The molecule has 0 unspecified atom stereocenters. The Balaban J connectivity index is 1.49. The maximum Gasteiger partial charge on any atom is 0.275 e. The lowest BCUT2D eigenvalue weighted by Crippen LogP contribution is -2.28. The lowest BCUT2D eigenvalue weighted by atomic mass is 10.3. The van der Waals surface area contributed by atoms with Crippen molar-refractivity contribution in [2.45, 2.75) is 17.5 Å². The van der Waals surface area contributed by atoms with E-state index in [1.54, 1.807) is 18.0 Å². The molecule has 120 valence electrons. The van der Waals surface area contributed by atoms with Gasteiger partial charge in [0.1, 0.15) is 5.52 Å². The molecule has 0 saturated heterocycles. The number of fused-ring (bicyclic) bond motifs is 1. The highest BCUT2D eigenvalue weighted by Gasteiger charge is 2.09. The van der Waals surface area contributed by atoms with E-state index in [1.807, 2.05) is 30.3 Å². The Morgan fingerprint density at radius 3 is 2.91 bits per heavy atom. The van der Waals surface area contributed by atoms with Crippen molar-refractivity contribution in [2.24, 2.45) is 0 Å².